The van der Waals surface area contributed by atoms with E-state index in [1.807, 2.05) is 0 Å². The Hall–Kier alpha value is -0.770. The quantitative estimate of drug-likeness (QED) is 0.250. The fourth-order valence-corrected chi connectivity index (χ4v) is 1.48. The van der Waals surface area contributed by atoms with Gasteiger partial charge in [0.25, 0.3) is 0 Å². The fraction of sp³-hybridized carbons (Fsp3) is 0.875. The molecule has 0 amide bonds. The fourth-order valence-electron chi connectivity index (χ4n) is 1.48. The zero-order chi connectivity index (χ0) is 9.03. The molecule has 0 saturated heterocycles. The lowest BCUT2D eigenvalue weighted by Gasteiger charge is -2.38. The van der Waals surface area contributed by atoms with Crippen LogP contribution in [0.1, 0.15) is 26.2 Å². The molecule has 12 heavy (non-hydrogen) atoms. The third-order valence-corrected chi connectivity index (χ3v) is 2.55. The number of amidine groups is 1. The molecular formula is C8H17N3O. The van der Waals surface area contributed by atoms with Crippen LogP contribution in [0.25, 0.3) is 0 Å². The lowest BCUT2D eigenvalue weighted by Crippen LogP contribution is -2.40. The third-order valence-electron chi connectivity index (χ3n) is 2.55. The number of rotatable bonds is 4. The summed E-state index contributed by atoms with van der Waals surface area (Å²) in [7, 11) is 0. The lowest BCUT2D eigenvalue weighted by atomic mass is 9.70. The molecule has 0 atom stereocenters. The highest BCUT2D eigenvalue weighted by atomic mass is 16.4. The number of nitrogens with zero attached hydrogens (tertiary/aromatic N) is 1. The number of nitrogens with one attached hydrogen (secondary N) is 1. The van der Waals surface area contributed by atoms with Crippen LogP contribution in [0, 0.1) is 5.41 Å². The van der Waals surface area contributed by atoms with E-state index in [2.05, 4.69) is 17.4 Å². The molecule has 0 aromatic carbocycles. The minimum absolute atomic E-state index is 0.248. The number of nitrogens with two attached hydrogens (primary N) is 1. The van der Waals surface area contributed by atoms with Gasteiger partial charge < -0.3 is 16.3 Å². The van der Waals surface area contributed by atoms with Crippen LogP contribution in [0.5, 0.6) is 0 Å². The molecule has 1 aliphatic rings. The largest absolute Gasteiger partial charge is 0.409 e. The monoisotopic (exact) mass is 171 g/mol. The van der Waals surface area contributed by atoms with Crippen LogP contribution in [0.3, 0.4) is 0 Å². The van der Waals surface area contributed by atoms with Crippen LogP contribution < -0.4 is 11.1 Å². The van der Waals surface area contributed by atoms with E-state index in [1.54, 1.807) is 0 Å². The molecule has 1 aliphatic carbocycles. The normalized spacial score (nSPS) is 21.9. The predicted octanol–water partition coefficient (Wildman–Crippen LogP) is 0.513. The molecule has 0 aliphatic heterocycles. The first-order valence-corrected chi connectivity index (χ1v) is 4.33. The number of oxime groups is 1. The van der Waals surface area contributed by atoms with E-state index in [0.717, 1.165) is 6.54 Å². The van der Waals surface area contributed by atoms with E-state index in [9.17, 15) is 0 Å². The van der Waals surface area contributed by atoms with Crippen molar-refractivity contribution in [2.24, 2.45) is 16.3 Å². The van der Waals surface area contributed by atoms with Crippen LogP contribution in [-0.4, -0.2) is 24.1 Å². The Balaban J connectivity index is 2.09. The second-order valence-electron chi connectivity index (χ2n) is 3.86. The lowest BCUT2D eigenvalue weighted by molar-refractivity contribution is 0.159. The van der Waals surface area contributed by atoms with Crippen molar-refractivity contribution in [1.29, 1.82) is 0 Å². The Bertz CT molecular complexity index is 175. The highest BCUT2D eigenvalue weighted by Crippen LogP contribution is 2.39. The van der Waals surface area contributed by atoms with Gasteiger partial charge in [-0.3, -0.25) is 0 Å². The van der Waals surface area contributed by atoms with Gasteiger partial charge in [-0.1, -0.05) is 18.5 Å². The Morgan fingerprint density at radius 1 is 1.67 bits per heavy atom. The number of hydrogen-bond donors (Lipinski definition) is 3. The van der Waals surface area contributed by atoms with Gasteiger partial charge in [-0.25, -0.2) is 0 Å². The molecule has 0 heterocycles. The molecule has 70 valence electrons. The van der Waals surface area contributed by atoms with E-state index in [0.29, 0.717) is 12.0 Å². The van der Waals surface area contributed by atoms with Gasteiger partial charge in [0.2, 0.25) is 0 Å². The van der Waals surface area contributed by atoms with Crippen LogP contribution in [0.15, 0.2) is 5.16 Å². The Morgan fingerprint density at radius 3 is 2.75 bits per heavy atom. The highest BCUT2D eigenvalue weighted by Gasteiger charge is 2.30. The van der Waals surface area contributed by atoms with Crippen LogP contribution >= 0.6 is 0 Å². The van der Waals surface area contributed by atoms with E-state index in [-0.39, 0.29) is 5.84 Å². The van der Waals surface area contributed by atoms with Crippen LogP contribution in [0.4, 0.5) is 0 Å². The summed E-state index contributed by atoms with van der Waals surface area (Å²) in [6.45, 7) is 3.70. The first-order valence-electron chi connectivity index (χ1n) is 4.33. The molecule has 0 unspecified atom stereocenters. The van der Waals surface area contributed by atoms with Gasteiger partial charge in [0.05, 0.1) is 6.54 Å². The zero-order valence-corrected chi connectivity index (χ0v) is 7.51. The summed E-state index contributed by atoms with van der Waals surface area (Å²) in [6.07, 6.45) is 3.91. The minimum Gasteiger partial charge on any atom is -0.409 e. The maximum Gasteiger partial charge on any atom is 0.153 e. The molecule has 1 saturated carbocycles. The Labute approximate surface area is 72.8 Å². The van der Waals surface area contributed by atoms with E-state index >= 15 is 0 Å². The standard InChI is InChI=1S/C8H17N3O/c1-8(3-2-4-8)6-10-5-7(9)11-12/h10,12H,2-6H2,1H3,(H2,9,11). The summed E-state index contributed by atoms with van der Waals surface area (Å²) < 4.78 is 0. The van der Waals surface area contributed by atoms with Gasteiger partial charge in [-0.05, 0) is 18.3 Å². The van der Waals surface area contributed by atoms with E-state index in [1.165, 1.54) is 19.3 Å². The molecule has 1 rings (SSSR count). The minimum atomic E-state index is 0.248. The van der Waals surface area contributed by atoms with E-state index < -0.39 is 0 Å². The molecular weight excluding hydrogens is 154 g/mol. The van der Waals surface area contributed by atoms with Crippen molar-refractivity contribution >= 4 is 5.84 Å². The third kappa shape index (κ3) is 2.37. The van der Waals surface area contributed by atoms with Crippen molar-refractivity contribution in [3.63, 3.8) is 0 Å². The summed E-state index contributed by atoms with van der Waals surface area (Å²) >= 11 is 0. The molecule has 4 N–H and O–H groups in total. The van der Waals surface area contributed by atoms with Crippen molar-refractivity contribution in [1.82, 2.24) is 5.32 Å². The topological polar surface area (TPSA) is 70.6 Å². The van der Waals surface area contributed by atoms with E-state index in [4.69, 9.17) is 10.9 Å². The molecule has 0 spiro atoms. The van der Waals surface area contributed by atoms with Gasteiger partial charge in [-0.15, -0.1) is 0 Å². The Kier molecular flexibility index (Phi) is 2.92. The maximum absolute atomic E-state index is 8.26. The SMILES string of the molecule is CC1(CNCC(N)=NO)CCC1. The zero-order valence-electron chi connectivity index (χ0n) is 7.51. The van der Waals surface area contributed by atoms with Gasteiger partial charge in [0.15, 0.2) is 5.84 Å². The Morgan fingerprint density at radius 2 is 2.33 bits per heavy atom. The van der Waals surface area contributed by atoms with Gasteiger partial charge in [0.1, 0.15) is 0 Å². The van der Waals surface area contributed by atoms with Gasteiger partial charge in [-0.2, -0.15) is 0 Å². The van der Waals surface area contributed by atoms with Crippen molar-refractivity contribution in [2.45, 2.75) is 26.2 Å². The first kappa shape index (κ1) is 9.32. The molecule has 0 aromatic heterocycles. The average Bonchev–Trinajstić information content (AvgIpc) is 2.01. The molecule has 0 bridgehead atoms. The van der Waals surface area contributed by atoms with Crippen molar-refractivity contribution in [2.75, 3.05) is 13.1 Å². The summed E-state index contributed by atoms with van der Waals surface area (Å²) in [5.74, 6) is 0.248. The first-order chi connectivity index (χ1) is 5.66. The van der Waals surface area contributed by atoms with Gasteiger partial charge >= 0.3 is 0 Å². The molecule has 4 nitrogen and oxygen atoms in total. The summed E-state index contributed by atoms with van der Waals surface area (Å²) in [5.41, 5.74) is 5.75. The van der Waals surface area contributed by atoms with Crippen molar-refractivity contribution in [3.05, 3.63) is 0 Å². The maximum atomic E-state index is 8.26. The molecule has 4 heteroatoms. The predicted molar refractivity (Wildman–Crippen MR) is 48.2 cm³/mol. The van der Waals surface area contributed by atoms with Crippen molar-refractivity contribution in [3.8, 4) is 0 Å². The summed E-state index contributed by atoms with van der Waals surface area (Å²) in [5, 5.41) is 14.3. The van der Waals surface area contributed by atoms with Crippen LogP contribution in [0.2, 0.25) is 0 Å². The van der Waals surface area contributed by atoms with Crippen LogP contribution in [-0.2, 0) is 0 Å². The molecule has 0 aromatic rings. The van der Waals surface area contributed by atoms with Gasteiger partial charge in [0, 0.05) is 6.54 Å². The highest BCUT2D eigenvalue weighted by molar-refractivity contribution is 5.81. The smallest absolute Gasteiger partial charge is 0.153 e. The van der Waals surface area contributed by atoms with Crippen molar-refractivity contribution < 1.29 is 5.21 Å². The summed E-state index contributed by atoms with van der Waals surface area (Å²) in [6, 6.07) is 0. The summed E-state index contributed by atoms with van der Waals surface area (Å²) in [4.78, 5) is 0. The second-order valence-corrected chi connectivity index (χ2v) is 3.86. The molecule has 1 fully saturated rings. The molecule has 0 radical (unpaired) electrons. The second kappa shape index (κ2) is 3.76. The average molecular weight is 171 g/mol. The number of hydrogen-bond acceptors (Lipinski definition) is 3.